The maximum absolute atomic E-state index is 12.9. The Labute approximate surface area is 82.1 Å². The molecule has 0 aliphatic rings. The van der Waals surface area contributed by atoms with Crippen LogP contribution in [-0.4, -0.2) is 13.6 Å². The molecule has 0 spiro atoms. The van der Waals surface area contributed by atoms with Gasteiger partial charge in [-0.1, -0.05) is 11.6 Å². The Balaban J connectivity index is 3.15. The molecule has 0 aliphatic heterocycles. The van der Waals surface area contributed by atoms with Gasteiger partial charge >= 0.3 is 0 Å². The van der Waals surface area contributed by atoms with Crippen LogP contribution in [0, 0.1) is 5.82 Å². The van der Waals surface area contributed by atoms with E-state index in [4.69, 9.17) is 17.3 Å². The van der Waals surface area contributed by atoms with Crippen molar-refractivity contribution < 1.29 is 4.39 Å². The number of nitrogens with two attached hydrogens (primary N) is 1. The number of hydrogen-bond donors (Lipinski definition) is 1. The van der Waals surface area contributed by atoms with Gasteiger partial charge in [0.15, 0.2) is 0 Å². The molecule has 0 amide bonds. The van der Waals surface area contributed by atoms with Gasteiger partial charge in [-0.2, -0.15) is 0 Å². The monoisotopic (exact) mass is 202 g/mol. The van der Waals surface area contributed by atoms with Crippen LogP contribution in [0.3, 0.4) is 0 Å². The summed E-state index contributed by atoms with van der Waals surface area (Å²) in [4.78, 5) is 1.90. The van der Waals surface area contributed by atoms with E-state index < -0.39 is 5.82 Å². The SMILES string of the molecule is CCN(C)c1cc(Cl)c(F)cc1N. The number of nitrogen functional groups attached to an aromatic ring is 1. The van der Waals surface area contributed by atoms with E-state index in [-0.39, 0.29) is 5.02 Å². The van der Waals surface area contributed by atoms with Crippen molar-refractivity contribution in [3.8, 4) is 0 Å². The molecular formula is C9H12ClFN2. The Morgan fingerprint density at radius 1 is 1.54 bits per heavy atom. The van der Waals surface area contributed by atoms with E-state index in [0.29, 0.717) is 5.69 Å². The Hall–Kier alpha value is -0.960. The van der Waals surface area contributed by atoms with Gasteiger partial charge in [0.25, 0.3) is 0 Å². The third-order valence-corrected chi connectivity index (χ3v) is 2.24. The molecular weight excluding hydrogens is 191 g/mol. The molecule has 4 heteroatoms. The second-order valence-electron chi connectivity index (χ2n) is 2.84. The third-order valence-electron chi connectivity index (χ3n) is 1.96. The summed E-state index contributed by atoms with van der Waals surface area (Å²) in [5, 5.41) is 0.101. The van der Waals surface area contributed by atoms with Crippen LogP contribution in [0.25, 0.3) is 0 Å². The summed E-state index contributed by atoms with van der Waals surface area (Å²) in [7, 11) is 1.87. The first kappa shape index (κ1) is 10.1. The van der Waals surface area contributed by atoms with E-state index >= 15 is 0 Å². The lowest BCUT2D eigenvalue weighted by molar-refractivity contribution is 0.629. The van der Waals surface area contributed by atoms with E-state index in [0.717, 1.165) is 12.2 Å². The first-order chi connectivity index (χ1) is 6.06. The summed E-state index contributed by atoms with van der Waals surface area (Å²) in [5.74, 6) is -0.479. The second kappa shape index (κ2) is 3.83. The van der Waals surface area contributed by atoms with Crippen molar-refractivity contribution in [3.63, 3.8) is 0 Å². The molecule has 0 aromatic heterocycles. The zero-order valence-corrected chi connectivity index (χ0v) is 8.40. The number of rotatable bonds is 2. The average Bonchev–Trinajstić information content (AvgIpc) is 2.10. The van der Waals surface area contributed by atoms with Crippen LogP contribution in [0.15, 0.2) is 12.1 Å². The first-order valence-corrected chi connectivity index (χ1v) is 4.39. The summed E-state index contributed by atoms with van der Waals surface area (Å²) in [5.41, 5.74) is 6.79. The zero-order valence-electron chi connectivity index (χ0n) is 7.64. The van der Waals surface area contributed by atoms with Gasteiger partial charge in [-0.15, -0.1) is 0 Å². The van der Waals surface area contributed by atoms with Crippen molar-refractivity contribution in [1.29, 1.82) is 0 Å². The summed E-state index contributed by atoms with van der Waals surface area (Å²) >= 11 is 5.63. The highest BCUT2D eigenvalue weighted by atomic mass is 35.5. The van der Waals surface area contributed by atoms with Crippen molar-refractivity contribution in [1.82, 2.24) is 0 Å². The van der Waals surface area contributed by atoms with E-state index in [1.165, 1.54) is 12.1 Å². The molecule has 2 nitrogen and oxygen atoms in total. The highest BCUT2D eigenvalue weighted by molar-refractivity contribution is 6.31. The predicted octanol–water partition coefficient (Wildman–Crippen LogP) is 2.52. The standard InChI is InChI=1S/C9H12ClFN2/c1-3-13(2)9-4-6(10)7(11)5-8(9)12/h4-5H,3,12H2,1-2H3. The lowest BCUT2D eigenvalue weighted by Gasteiger charge is -2.19. The van der Waals surface area contributed by atoms with E-state index in [9.17, 15) is 4.39 Å². The smallest absolute Gasteiger partial charge is 0.143 e. The third kappa shape index (κ3) is 2.04. The maximum Gasteiger partial charge on any atom is 0.143 e. The van der Waals surface area contributed by atoms with Crippen LogP contribution in [0.4, 0.5) is 15.8 Å². The zero-order chi connectivity index (χ0) is 10.0. The lowest BCUT2D eigenvalue weighted by Crippen LogP contribution is -2.17. The van der Waals surface area contributed by atoms with Crippen molar-refractivity contribution in [3.05, 3.63) is 23.0 Å². The van der Waals surface area contributed by atoms with Crippen LogP contribution in [0.5, 0.6) is 0 Å². The molecule has 0 unspecified atom stereocenters. The molecule has 0 heterocycles. The summed E-state index contributed by atoms with van der Waals surface area (Å²) < 4.78 is 12.9. The molecule has 0 saturated carbocycles. The molecule has 13 heavy (non-hydrogen) atoms. The molecule has 0 bridgehead atoms. The lowest BCUT2D eigenvalue weighted by atomic mass is 10.2. The Kier molecular flexibility index (Phi) is 2.98. The summed E-state index contributed by atoms with van der Waals surface area (Å²) in [6.07, 6.45) is 0. The van der Waals surface area contributed by atoms with Gasteiger partial charge in [0.2, 0.25) is 0 Å². The number of benzene rings is 1. The van der Waals surface area contributed by atoms with Gasteiger partial charge in [-0.3, -0.25) is 0 Å². The van der Waals surface area contributed by atoms with Crippen LogP contribution >= 0.6 is 11.6 Å². The second-order valence-corrected chi connectivity index (χ2v) is 3.25. The molecule has 1 aromatic carbocycles. The number of anilines is 2. The molecule has 0 aliphatic carbocycles. The number of hydrogen-bond acceptors (Lipinski definition) is 2. The molecule has 0 radical (unpaired) electrons. The fourth-order valence-electron chi connectivity index (χ4n) is 1.05. The van der Waals surface area contributed by atoms with Crippen molar-refractivity contribution >= 4 is 23.0 Å². The van der Waals surface area contributed by atoms with Gasteiger partial charge in [0.05, 0.1) is 16.4 Å². The molecule has 1 aromatic rings. The summed E-state index contributed by atoms with van der Waals surface area (Å²) in [6.45, 7) is 2.78. The van der Waals surface area contributed by atoms with E-state index in [1.54, 1.807) is 0 Å². The molecule has 0 saturated heterocycles. The molecule has 0 fully saturated rings. The molecule has 2 N–H and O–H groups in total. The van der Waals surface area contributed by atoms with Crippen molar-refractivity contribution in [2.75, 3.05) is 24.2 Å². The minimum atomic E-state index is -0.479. The molecule has 72 valence electrons. The highest BCUT2D eigenvalue weighted by Gasteiger charge is 2.08. The van der Waals surface area contributed by atoms with Crippen LogP contribution in [0.2, 0.25) is 5.02 Å². The Bertz CT molecular complexity index is 315. The van der Waals surface area contributed by atoms with Gasteiger partial charge < -0.3 is 10.6 Å². The minimum Gasteiger partial charge on any atom is -0.397 e. The fourth-order valence-corrected chi connectivity index (χ4v) is 1.21. The van der Waals surface area contributed by atoms with E-state index in [2.05, 4.69) is 0 Å². The van der Waals surface area contributed by atoms with Crippen LogP contribution < -0.4 is 10.6 Å². The average molecular weight is 203 g/mol. The van der Waals surface area contributed by atoms with E-state index in [1.807, 2.05) is 18.9 Å². The Morgan fingerprint density at radius 2 is 2.15 bits per heavy atom. The number of nitrogens with zero attached hydrogens (tertiary/aromatic N) is 1. The predicted molar refractivity (Wildman–Crippen MR) is 54.8 cm³/mol. The molecule has 1 rings (SSSR count). The normalized spacial score (nSPS) is 10.2. The topological polar surface area (TPSA) is 29.3 Å². The van der Waals surface area contributed by atoms with Gasteiger partial charge in [-0.05, 0) is 13.0 Å². The first-order valence-electron chi connectivity index (χ1n) is 4.02. The largest absolute Gasteiger partial charge is 0.397 e. The van der Waals surface area contributed by atoms with Gasteiger partial charge in [-0.25, -0.2) is 4.39 Å². The highest BCUT2D eigenvalue weighted by Crippen LogP contribution is 2.28. The maximum atomic E-state index is 12.9. The van der Waals surface area contributed by atoms with Crippen molar-refractivity contribution in [2.45, 2.75) is 6.92 Å². The number of halogens is 2. The van der Waals surface area contributed by atoms with Crippen LogP contribution in [0.1, 0.15) is 6.92 Å². The minimum absolute atomic E-state index is 0.101. The molecule has 0 atom stereocenters. The van der Waals surface area contributed by atoms with Crippen LogP contribution in [-0.2, 0) is 0 Å². The van der Waals surface area contributed by atoms with Gasteiger partial charge in [0, 0.05) is 19.7 Å². The Morgan fingerprint density at radius 3 is 2.69 bits per heavy atom. The quantitative estimate of drug-likeness (QED) is 0.747. The van der Waals surface area contributed by atoms with Crippen molar-refractivity contribution in [2.24, 2.45) is 0 Å². The summed E-state index contributed by atoms with van der Waals surface area (Å²) in [6, 6.07) is 2.78. The fraction of sp³-hybridized carbons (Fsp3) is 0.333. The van der Waals surface area contributed by atoms with Gasteiger partial charge in [0.1, 0.15) is 5.82 Å².